The average Bonchev–Trinajstić information content (AvgIpc) is 3.27. The second kappa shape index (κ2) is 9.81. The number of hydrogen-bond donors (Lipinski definition) is 1. The Kier molecular flexibility index (Phi) is 6.60. The summed E-state index contributed by atoms with van der Waals surface area (Å²) in [5.74, 6) is -0.479. The highest BCUT2D eigenvalue weighted by Gasteiger charge is 2.21. The SMILES string of the molecule is CN(C)CC(c1cccc(Cl)c1)n1cc(F)c(-c2c[nH]c3ncc(N4CCOCC4)cc23)cc1=O. The number of halogens is 2. The molecule has 3 aromatic heterocycles. The van der Waals surface area contributed by atoms with E-state index in [0.29, 0.717) is 36.0 Å². The van der Waals surface area contributed by atoms with Gasteiger partial charge in [0.25, 0.3) is 5.56 Å². The van der Waals surface area contributed by atoms with Crippen LogP contribution in [0.5, 0.6) is 0 Å². The number of ether oxygens (including phenoxy) is 1. The Balaban J connectivity index is 1.57. The number of aromatic nitrogens is 3. The Hall–Kier alpha value is -3.20. The molecule has 1 fully saturated rings. The maximum absolute atomic E-state index is 15.6. The van der Waals surface area contributed by atoms with Crippen molar-refractivity contribution in [3.63, 3.8) is 0 Å². The minimum Gasteiger partial charge on any atom is -0.378 e. The fourth-order valence-electron chi connectivity index (χ4n) is 4.60. The van der Waals surface area contributed by atoms with Gasteiger partial charge in [-0.3, -0.25) is 4.79 Å². The number of nitrogens with one attached hydrogen (secondary N) is 1. The molecule has 9 heteroatoms. The third-order valence-corrected chi connectivity index (χ3v) is 6.56. The molecule has 7 nitrogen and oxygen atoms in total. The summed E-state index contributed by atoms with van der Waals surface area (Å²) in [6, 6.07) is 10.3. The summed E-state index contributed by atoms with van der Waals surface area (Å²) >= 11 is 6.21. The fraction of sp³-hybridized carbons (Fsp3) is 0.308. The number of H-pyrrole nitrogens is 1. The van der Waals surface area contributed by atoms with Crippen molar-refractivity contribution in [2.45, 2.75) is 6.04 Å². The van der Waals surface area contributed by atoms with Crippen molar-refractivity contribution >= 4 is 28.3 Å². The molecular formula is C26H27ClFN5O2. The standard InChI is InChI=1S/C26H27ClFN5O2/c1-31(2)16-24(17-4-3-5-18(27)10-17)33-15-23(28)20(12-25(33)34)22-14-30-26-21(22)11-19(13-29-26)32-6-8-35-9-7-32/h3-5,10-15,24H,6-9,16H2,1-2H3,(H,29,30). The third-order valence-electron chi connectivity index (χ3n) is 6.32. The molecule has 1 N–H and O–H groups in total. The Morgan fingerprint density at radius 1 is 1.20 bits per heavy atom. The van der Waals surface area contributed by atoms with Crippen LogP contribution in [0.2, 0.25) is 5.02 Å². The van der Waals surface area contributed by atoms with Crippen molar-refractivity contribution in [2.75, 3.05) is 51.8 Å². The monoisotopic (exact) mass is 495 g/mol. The molecule has 4 aromatic rings. The number of aromatic amines is 1. The summed E-state index contributed by atoms with van der Waals surface area (Å²) in [6.45, 7) is 3.37. The van der Waals surface area contributed by atoms with Crippen LogP contribution >= 0.6 is 11.6 Å². The first kappa shape index (κ1) is 23.5. The number of benzene rings is 1. The molecule has 1 atom stereocenters. The largest absolute Gasteiger partial charge is 0.378 e. The Morgan fingerprint density at radius 2 is 2.00 bits per heavy atom. The highest BCUT2D eigenvalue weighted by Crippen LogP contribution is 2.32. The van der Waals surface area contributed by atoms with Gasteiger partial charge in [0.2, 0.25) is 0 Å². The van der Waals surface area contributed by atoms with Crippen LogP contribution in [0.4, 0.5) is 10.1 Å². The minimum atomic E-state index is -0.479. The number of morpholine rings is 1. The van der Waals surface area contributed by atoms with Gasteiger partial charge in [-0.05, 0) is 37.9 Å². The molecular weight excluding hydrogens is 469 g/mol. The molecule has 0 radical (unpaired) electrons. The maximum atomic E-state index is 15.6. The van der Waals surface area contributed by atoms with Crippen LogP contribution in [0.3, 0.4) is 0 Å². The predicted molar refractivity (Wildman–Crippen MR) is 137 cm³/mol. The smallest absolute Gasteiger partial charge is 0.251 e. The first-order valence-corrected chi connectivity index (χ1v) is 11.9. The highest BCUT2D eigenvalue weighted by molar-refractivity contribution is 6.30. The number of likely N-dealkylation sites (N-methyl/N-ethyl adjacent to an activating group) is 1. The van der Waals surface area contributed by atoms with Crippen LogP contribution < -0.4 is 10.5 Å². The quantitative estimate of drug-likeness (QED) is 0.435. The molecule has 1 aromatic carbocycles. The zero-order valence-corrected chi connectivity index (χ0v) is 20.4. The Labute approximate surface area is 207 Å². The molecule has 1 unspecified atom stereocenters. The highest BCUT2D eigenvalue weighted by atomic mass is 35.5. The molecule has 0 spiro atoms. The third kappa shape index (κ3) is 4.82. The van der Waals surface area contributed by atoms with E-state index in [0.717, 1.165) is 29.7 Å². The van der Waals surface area contributed by atoms with E-state index in [9.17, 15) is 4.79 Å². The van der Waals surface area contributed by atoms with E-state index >= 15 is 4.39 Å². The van der Waals surface area contributed by atoms with E-state index in [-0.39, 0.29) is 11.1 Å². The molecule has 35 heavy (non-hydrogen) atoms. The van der Waals surface area contributed by atoms with Crippen molar-refractivity contribution in [1.82, 2.24) is 19.4 Å². The zero-order chi connectivity index (χ0) is 24.5. The molecule has 0 saturated carbocycles. The summed E-state index contributed by atoms with van der Waals surface area (Å²) in [7, 11) is 3.83. The Bertz CT molecular complexity index is 1410. The van der Waals surface area contributed by atoms with E-state index < -0.39 is 11.9 Å². The number of nitrogens with zero attached hydrogens (tertiary/aromatic N) is 4. The average molecular weight is 496 g/mol. The lowest BCUT2D eigenvalue weighted by molar-refractivity contribution is 0.122. The molecule has 4 heterocycles. The number of pyridine rings is 2. The molecule has 1 aliphatic heterocycles. The van der Waals surface area contributed by atoms with E-state index in [4.69, 9.17) is 16.3 Å². The van der Waals surface area contributed by atoms with Crippen LogP contribution in [0, 0.1) is 5.82 Å². The molecule has 1 saturated heterocycles. The van der Waals surface area contributed by atoms with E-state index in [1.807, 2.05) is 43.3 Å². The lowest BCUT2D eigenvalue weighted by Crippen LogP contribution is -2.36. The molecule has 0 aliphatic carbocycles. The molecule has 0 amide bonds. The second-order valence-corrected chi connectivity index (χ2v) is 9.44. The van der Waals surface area contributed by atoms with Gasteiger partial charge >= 0.3 is 0 Å². The molecule has 5 rings (SSSR count). The van der Waals surface area contributed by atoms with E-state index in [2.05, 4.69) is 14.9 Å². The van der Waals surface area contributed by atoms with Crippen LogP contribution in [0.1, 0.15) is 11.6 Å². The number of anilines is 1. The van der Waals surface area contributed by atoms with Crippen LogP contribution in [0.15, 0.2) is 59.8 Å². The van der Waals surface area contributed by atoms with Gasteiger partial charge in [0.1, 0.15) is 11.5 Å². The van der Waals surface area contributed by atoms with Crippen molar-refractivity contribution in [1.29, 1.82) is 0 Å². The van der Waals surface area contributed by atoms with Crippen LogP contribution in [0.25, 0.3) is 22.2 Å². The summed E-state index contributed by atoms with van der Waals surface area (Å²) in [5.41, 5.74) is 2.99. The zero-order valence-electron chi connectivity index (χ0n) is 19.7. The van der Waals surface area contributed by atoms with Gasteiger partial charge in [-0.25, -0.2) is 9.37 Å². The van der Waals surface area contributed by atoms with Crippen molar-refractivity contribution < 1.29 is 9.13 Å². The van der Waals surface area contributed by atoms with Crippen LogP contribution in [-0.4, -0.2) is 66.4 Å². The molecule has 182 valence electrons. The fourth-order valence-corrected chi connectivity index (χ4v) is 4.79. The summed E-state index contributed by atoms with van der Waals surface area (Å²) < 4.78 is 22.5. The maximum Gasteiger partial charge on any atom is 0.251 e. The molecule has 0 bridgehead atoms. The summed E-state index contributed by atoms with van der Waals surface area (Å²) in [5, 5.41) is 1.34. The van der Waals surface area contributed by atoms with E-state index in [1.54, 1.807) is 18.5 Å². The van der Waals surface area contributed by atoms with Gasteiger partial charge < -0.3 is 24.1 Å². The topological polar surface area (TPSA) is 66.4 Å². The van der Waals surface area contributed by atoms with E-state index in [1.165, 1.54) is 16.8 Å². The number of rotatable bonds is 6. The van der Waals surface area contributed by atoms with Gasteiger partial charge in [-0.1, -0.05) is 23.7 Å². The number of hydrogen-bond acceptors (Lipinski definition) is 5. The predicted octanol–water partition coefficient (Wildman–Crippen LogP) is 4.17. The van der Waals surface area contributed by atoms with Gasteiger partial charge in [0.05, 0.1) is 31.1 Å². The second-order valence-electron chi connectivity index (χ2n) is 9.01. The first-order chi connectivity index (χ1) is 16.9. The van der Waals surface area contributed by atoms with Crippen LogP contribution in [-0.2, 0) is 4.74 Å². The van der Waals surface area contributed by atoms with Crippen molar-refractivity contribution in [3.05, 3.63) is 81.7 Å². The van der Waals surface area contributed by atoms with Gasteiger partial charge in [-0.2, -0.15) is 0 Å². The van der Waals surface area contributed by atoms with Gasteiger partial charge in [0, 0.05) is 59.6 Å². The van der Waals surface area contributed by atoms with Crippen molar-refractivity contribution in [3.8, 4) is 11.1 Å². The number of fused-ring (bicyclic) bond motifs is 1. The lowest BCUT2D eigenvalue weighted by atomic mass is 10.0. The minimum absolute atomic E-state index is 0.244. The lowest BCUT2D eigenvalue weighted by Gasteiger charge is -2.28. The summed E-state index contributed by atoms with van der Waals surface area (Å²) in [6.07, 6.45) is 4.81. The van der Waals surface area contributed by atoms with Crippen molar-refractivity contribution in [2.24, 2.45) is 0 Å². The molecule has 1 aliphatic rings. The van der Waals surface area contributed by atoms with Gasteiger partial charge in [0.15, 0.2) is 0 Å². The summed E-state index contributed by atoms with van der Waals surface area (Å²) in [4.78, 5) is 25.1. The Morgan fingerprint density at radius 3 is 2.74 bits per heavy atom. The first-order valence-electron chi connectivity index (χ1n) is 11.5. The normalized spacial score (nSPS) is 15.2. The van der Waals surface area contributed by atoms with Gasteiger partial charge in [-0.15, -0.1) is 0 Å².